The van der Waals surface area contributed by atoms with E-state index in [1.54, 1.807) is 12.3 Å². The molecule has 1 aliphatic heterocycles. The highest BCUT2D eigenvalue weighted by atomic mass is 32.1. The van der Waals surface area contributed by atoms with Crippen LogP contribution < -0.4 is 16.0 Å². The third-order valence-corrected chi connectivity index (χ3v) is 6.01. The van der Waals surface area contributed by atoms with Crippen molar-refractivity contribution in [3.8, 4) is 0 Å². The standard InChI is InChI=1S/C20H20N4O2S.C2HF3O2/c25-18(24-15-6-1-4-13-5-2-11-22-19(13)15)12-23-20(26)17-9-8-16(27-17)14-7-3-10-21-14;3-2(4,5)1(6)7/h1-2,4-6,8-9,11,14,21H,3,7,10,12H2,(H,23,26)(H,24,25);(H,6,7). The Kier molecular flexibility index (Phi) is 8.18. The molecule has 0 radical (unpaired) electrons. The van der Waals surface area contributed by atoms with E-state index < -0.39 is 12.1 Å². The summed E-state index contributed by atoms with van der Waals surface area (Å²) in [7, 11) is 0. The first-order chi connectivity index (χ1) is 16.1. The predicted octanol–water partition coefficient (Wildman–Crippen LogP) is 3.72. The van der Waals surface area contributed by atoms with Crippen molar-refractivity contribution in [2.45, 2.75) is 25.1 Å². The number of carbonyl (C=O) groups is 3. The van der Waals surface area contributed by atoms with Crippen molar-refractivity contribution in [2.75, 3.05) is 18.4 Å². The van der Waals surface area contributed by atoms with Crippen LogP contribution in [0.15, 0.2) is 48.7 Å². The lowest BCUT2D eigenvalue weighted by Crippen LogP contribution is -2.32. The zero-order valence-electron chi connectivity index (χ0n) is 17.7. The summed E-state index contributed by atoms with van der Waals surface area (Å²) in [6, 6.07) is 13.5. The van der Waals surface area contributed by atoms with E-state index in [2.05, 4.69) is 20.9 Å². The van der Waals surface area contributed by atoms with Gasteiger partial charge in [0.2, 0.25) is 5.91 Å². The molecule has 3 aromatic rings. The lowest BCUT2D eigenvalue weighted by Gasteiger charge is -2.09. The molecular weight excluding hydrogens is 473 g/mol. The molecule has 34 heavy (non-hydrogen) atoms. The zero-order chi connectivity index (χ0) is 24.7. The fourth-order valence-corrected chi connectivity index (χ4v) is 4.27. The van der Waals surface area contributed by atoms with Crippen LogP contribution in [-0.4, -0.2) is 47.1 Å². The van der Waals surface area contributed by atoms with Gasteiger partial charge in [0.25, 0.3) is 5.91 Å². The molecule has 3 heterocycles. The van der Waals surface area contributed by atoms with Gasteiger partial charge in [-0.15, -0.1) is 11.3 Å². The smallest absolute Gasteiger partial charge is 0.475 e. The number of nitrogens with one attached hydrogen (secondary N) is 3. The topological polar surface area (TPSA) is 120 Å². The highest BCUT2D eigenvalue weighted by Crippen LogP contribution is 2.29. The summed E-state index contributed by atoms with van der Waals surface area (Å²) >= 11 is 1.48. The summed E-state index contributed by atoms with van der Waals surface area (Å²) in [5.74, 6) is -3.27. The molecule has 12 heteroatoms. The molecule has 1 aliphatic rings. The predicted molar refractivity (Wildman–Crippen MR) is 121 cm³/mol. The number of carboxylic acids is 1. The van der Waals surface area contributed by atoms with Gasteiger partial charge in [0, 0.05) is 22.5 Å². The van der Waals surface area contributed by atoms with Crippen LogP contribution in [0.25, 0.3) is 10.9 Å². The molecule has 1 fully saturated rings. The minimum Gasteiger partial charge on any atom is -0.475 e. The van der Waals surface area contributed by atoms with Crippen molar-refractivity contribution >= 4 is 45.7 Å². The molecule has 4 rings (SSSR count). The second kappa shape index (κ2) is 11.1. The van der Waals surface area contributed by atoms with Crippen LogP contribution in [0.4, 0.5) is 18.9 Å². The maximum absolute atomic E-state index is 12.3. The van der Waals surface area contributed by atoms with E-state index in [9.17, 15) is 22.8 Å². The van der Waals surface area contributed by atoms with Gasteiger partial charge in [0.15, 0.2) is 0 Å². The molecule has 8 nitrogen and oxygen atoms in total. The Morgan fingerprint density at radius 1 is 1.15 bits per heavy atom. The number of halogens is 3. The number of carboxylic acid groups (broad SMARTS) is 1. The fourth-order valence-electron chi connectivity index (χ4n) is 3.24. The van der Waals surface area contributed by atoms with E-state index in [0.717, 1.165) is 30.3 Å². The molecule has 4 N–H and O–H groups in total. The number of aliphatic carboxylic acids is 1. The van der Waals surface area contributed by atoms with Gasteiger partial charge in [0.05, 0.1) is 22.6 Å². The number of alkyl halides is 3. The Morgan fingerprint density at radius 3 is 2.56 bits per heavy atom. The maximum Gasteiger partial charge on any atom is 0.490 e. The molecule has 1 unspecified atom stereocenters. The van der Waals surface area contributed by atoms with Crippen molar-refractivity contribution in [1.82, 2.24) is 15.6 Å². The number of thiophene rings is 1. The number of fused-ring (bicyclic) bond motifs is 1. The van der Waals surface area contributed by atoms with Crippen molar-refractivity contribution in [3.05, 3.63) is 58.4 Å². The summed E-state index contributed by atoms with van der Waals surface area (Å²) in [5.41, 5.74) is 1.37. The number of pyridine rings is 1. The van der Waals surface area contributed by atoms with Crippen LogP contribution in [0.3, 0.4) is 0 Å². The van der Waals surface area contributed by atoms with Gasteiger partial charge in [0.1, 0.15) is 0 Å². The molecule has 1 atom stereocenters. The molecule has 2 amide bonds. The summed E-state index contributed by atoms with van der Waals surface area (Å²) in [4.78, 5) is 39.6. The lowest BCUT2D eigenvalue weighted by atomic mass is 10.2. The summed E-state index contributed by atoms with van der Waals surface area (Å²) in [5, 5.41) is 17.0. The monoisotopic (exact) mass is 494 g/mol. The Hall–Kier alpha value is -3.51. The van der Waals surface area contributed by atoms with Crippen LogP contribution in [0, 0.1) is 0 Å². The van der Waals surface area contributed by atoms with E-state index in [-0.39, 0.29) is 18.4 Å². The molecule has 0 bridgehead atoms. The van der Waals surface area contributed by atoms with Crippen LogP contribution in [-0.2, 0) is 9.59 Å². The lowest BCUT2D eigenvalue weighted by molar-refractivity contribution is -0.192. The van der Waals surface area contributed by atoms with Crippen molar-refractivity contribution in [3.63, 3.8) is 0 Å². The quantitative estimate of drug-likeness (QED) is 0.429. The Morgan fingerprint density at radius 2 is 1.88 bits per heavy atom. The van der Waals surface area contributed by atoms with E-state index in [4.69, 9.17) is 9.90 Å². The molecule has 1 aromatic carbocycles. The highest BCUT2D eigenvalue weighted by molar-refractivity contribution is 7.14. The van der Waals surface area contributed by atoms with Gasteiger partial charge in [-0.25, -0.2) is 4.79 Å². The number of rotatable bonds is 5. The zero-order valence-corrected chi connectivity index (χ0v) is 18.5. The number of benzene rings is 1. The maximum atomic E-state index is 12.3. The largest absolute Gasteiger partial charge is 0.490 e. The second-order valence-electron chi connectivity index (χ2n) is 7.27. The van der Waals surface area contributed by atoms with Gasteiger partial charge < -0.3 is 21.1 Å². The number of nitrogens with zero attached hydrogens (tertiary/aromatic N) is 1. The van der Waals surface area contributed by atoms with Gasteiger partial charge in [-0.05, 0) is 43.7 Å². The van der Waals surface area contributed by atoms with Crippen molar-refractivity contribution in [1.29, 1.82) is 0 Å². The number of anilines is 1. The number of carbonyl (C=O) groups excluding carboxylic acids is 2. The van der Waals surface area contributed by atoms with Crippen molar-refractivity contribution in [2.24, 2.45) is 0 Å². The minimum absolute atomic E-state index is 0.0863. The van der Waals surface area contributed by atoms with Gasteiger partial charge in [-0.2, -0.15) is 13.2 Å². The Bertz CT molecular complexity index is 1170. The Labute approximate surface area is 196 Å². The highest BCUT2D eigenvalue weighted by Gasteiger charge is 2.38. The summed E-state index contributed by atoms with van der Waals surface area (Å²) < 4.78 is 31.7. The molecular formula is C22H21F3N4O4S. The van der Waals surface area contributed by atoms with Gasteiger partial charge in [-0.3, -0.25) is 14.6 Å². The van der Waals surface area contributed by atoms with E-state index in [1.807, 2.05) is 36.4 Å². The minimum atomic E-state index is -5.08. The number of aromatic nitrogens is 1. The normalized spacial score (nSPS) is 15.3. The third-order valence-electron chi connectivity index (χ3n) is 4.81. The first kappa shape index (κ1) is 25.1. The van der Waals surface area contributed by atoms with Gasteiger partial charge in [-0.1, -0.05) is 18.2 Å². The van der Waals surface area contributed by atoms with Crippen LogP contribution in [0.2, 0.25) is 0 Å². The summed E-state index contributed by atoms with van der Waals surface area (Å²) in [6.45, 7) is 0.935. The average Bonchev–Trinajstić information content (AvgIpc) is 3.50. The molecule has 0 aliphatic carbocycles. The van der Waals surface area contributed by atoms with E-state index in [1.165, 1.54) is 16.2 Å². The first-order valence-electron chi connectivity index (χ1n) is 10.2. The molecule has 180 valence electrons. The third kappa shape index (κ3) is 6.75. The molecule has 0 saturated carbocycles. The molecule has 2 aromatic heterocycles. The fraction of sp³-hybridized carbons (Fsp3) is 0.273. The number of amides is 2. The number of para-hydroxylation sites is 1. The SMILES string of the molecule is O=C(CNC(=O)c1ccc(C2CCCN2)s1)Nc1cccc2cccnc12.O=C(O)C(F)(F)F. The Balaban J connectivity index is 0.000000406. The van der Waals surface area contributed by atoms with Gasteiger partial charge >= 0.3 is 12.1 Å². The van der Waals surface area contributed by atoms with Crippen LogP contribution >= 0.6 is 11.3 Å². The second-order valence-corrected chi connectivity index (χ2v) is 8.38. The molecule has 0 spiro atoms. The first-order valence-corrected chi connectivity index (χ1v) is 11.0. The average molecular weight is 494 g/mol. The number of hydrogen-bond donors (Lipinski definition) is 4. The van der Waals surface area contributed by atoms with Crippen LogP contribution in [0.1, 0.15) is 33.4 Å². The molecule has 1 saturated heterocycles. The van der Waals surface area contributed by atoms with Crippen molar-refractivity contribution < 1.29 is 32.7 Å². The van der Waals surface area contributed by atoms with E-state index in [0.29, 0.717) is 16.6 Å². The van der Waals surface area contributed by atoms with E-state index >= 15 is 0 Å². The van der Waals surface area contributed by atoms with Crippen LogP contribution in [0.5, 0.6) is 0 Å². The summed E-state index contributed by atoms with van der Waals surface area (Å²) in [6.07, 6.45) is -1.14. The number of hydrogen-bond acceptors (Lipinski definition) is 6.